The van der Waals surface area contributed by atoms with E-state index in [1.165, 1.54) is 18.2 Å². The van der Waals surface area contributed by atoms with Crippen LogP contribution in [0.25, 0.3) is 0 Å². The number of carbonyl (C=O) groups excluding carboxylic acids is 1. The van der Waals surface area contributed by atoms with Crippen molar-refractivity contribution in [3.63, 3.8) is 0 Å². The van der Waals surface area contributed by atoms with Gasteiger partial charge in [-0.05, 0) is 24.5 Å². The number of nitrogen functional groups attached to an aromatic ring is 1. The molecular weight excluding hydrogens is 391 g/mol. The SMILES string of the molecule is Nc1c(OCCN(CCCc2ccccc2)C(=O)C(F)(F)F)cccc1[N+](=O)[O-]. The van der Waals surface area contributed by atoms with Crippen LogP contribution < -0.4 is 10.5 Å². The van der Waals surface area contributed by atoms with Gasteiger partial charge < -0.3 is 15.4 Å². The van der Waals surface area contributed by atoms with Gasteiger partial charge in [0.05, 0.1) is 11.5 Å². The third-order valence-corrected chi connectivity index (χ3v) is 4.12. The molecule has 0 heterocycles. The summed E-state index contributed by atoms with van der Waals surface area (Å²) in [5.41, 5.74) is 6.01. The number of rotatable bonds is 9. The summed E-state index contributed by atoms with van der Waals surface area (Å²) >= 11 is 0. The molecule has 0 saturated carbocycles. The van der Waals surface area contributed by atoms with E-state index in [9.17, 15) is 28.1 Å². The Bertz CT molecular complexity index is 844. The summed E-state index contributed by atoms with van der Waals surface area (Å²) in [6.07, 6.45) is -4.15. The molecule has 0 atom stereocenters. The largest absolute Gasteiger partial charge is 0.489 e. The zero-order valence-corrected chi connectivity index (χ0v) is 15.4. The highest BCUT2D eigenvalue weighted by molar-refractivity contribution is 5.81. The van der Waals surface area contributed by atoms with Crippen LogP contribution in [-0.4, -0.2) is 41.6 Å². The molecule has 0 aromatic heterocycles. The number of nitro benzene ring substituents is 1. The first-order chi connectivity index (χ1) is 13.7. The highest BCUT2D eigenvalue weighted by atomic mass is 19.4. The van der Waals surface area contributed by atoms with Crippen molar-refractivity contribution in [2.24, 2.45) is 0 Å². The minimum atomic E-state index is -5.00. The van der Waals surface area contributed by atoms with Crippen molar-refractivity contribution in [1.82, 2.24) is 4.90 Å². The van der Waals surface area contributed by atoms with Gasteiger partial charge in [-0.1, -0.05) is 36.4 Å². The van der Waals surface area contributed by atoms with E-state index in [1.807, 2.05) is 30.3 Å². The minimum absolute atomic E-state index is 0.0251. The average molecular weight is 411 g/mol. The second-order valence-corrected chi connectivity index (χ2v) is 6.17. The van der Waals surface area contributed by atoms with Crippen molar-refractivity contribution in [1.29, 1.82) is 0 Å². The standard InChI is InChI=1S/C19H20F3N3O4/c20-19(21,22)18(26)24(11-5-8-14-6-2-1-3-7-14)12-13-29-16-10-4-9-15(17(16)23)25(27)28/h1-4,6-7,9-10H,5,8,11-13,23H2. The molecule has 7 nitrogen and oxygen atoms in total. The second-order valence-electron chi connectivity index (χ2n) is 6.17. The molecule has 1 amide bonds. The summed E-state index contributed by atoms with van der Waals surface area (Å²) in [5, 5.41) is 10.9. The maximum absolute atomic E-state index is 12.9. The van der Waals surface area contributed by atoms with E-state index in [2.05, 4.69) is 0 Å². The lowest BCUT2D eigenvalue weighted by Gasteiger charge is -2.24. The molecule has 0 fully saturated rings. The number of halogens is 3. The van der Waals surface area contributed by atoms with Crippen molar-refractivity contribution in [2.75, 3.05) is 25.4 Å². The van der Waals surface area contributed by atoms with E-state index < -0.39 is 17.0 Å². The van der Waals surface area contributed by atoms with Crippen molar-refractivity contribution in [3.8, 4) is 5.75 Å². The van der Waals surface area contributed by atoms with Crippen LogP contribution in [0.3, 0.4) is 0 Å². The molecule has 0 aliphatic rings. The van der Waals surface area contributed by atoms with Gasteiger partial charge in [0.1, 0.15) is 12.4 Å². The lowest BCUT2D eigenvalue weighted by molar-refractivity contribution is -0.384. The Hall–Kier alpha value is -3.30. The van der Waals surface area contributed by atoms with Gasteiger partial charge in [0.25, 0.3) is 5.69 Å². The van der Waals surface area contributed by atoms with Gasteiger partial charge in [-0.15, -0.1) is 0 Å². The molecule has 0 aliphatic heterocycles. The Morgan fingerprint density at radius 2 is 1.79 bits per heavy atom. The summed E-state index contributed by atoms with van der Waals surface area (Å²) in [4.78, 5) is 22.5. The van der Waals surface area contributed by atoms with Gasteiger partial charge in [0.15, 0.2) is 5.69 Å². The highest BCUT2D eigenvalue weighted by Crippen LogP contribution is 2.30. The molecule has 2 aromatic rings. The second kappa shape index (κ2) is 9.76. The van der Waals surface area contributed by atoms with Crippen LogP contribution in [0.15, 0.2) is 48.5 Å². The highest BCUT2D eigenvalue weighted by Gasteiger charge is 2.42. The predicted molar refractivity (Wildman–Crippen MR) is 100 cm³/mol. The van der Waals surface area contributed by atoms with E-state index in [1.54, 1.807) is 0 Å². The minimum Gasteiger partial charge on any atom is -0.489 e. The van der Waals surface area contributed by atoms with Gasteiger partial charge in [0, 0.05) is 12.6 Å². The Morgan fingerprint density at radius 3 is 2.41 bits per heavy atom. The Morgan fingerprint density at radius 1 is 1.10 bits per heavy atom. The molecule has 0 radical (unpaired) electrons. The lowest BCUT2D eigenvalue weighted by Crippen LogP contribution is -2.43. The van der Waals surface area contributed by atoms with E-state index in [-0.39, 0.29) is 36.8 Å². The summed E-state index contributed by atoms with van der Waals surface area (Å²) in [6, 6.07) is 13.1. The first kappa shape index (κ1) is 22.0. The third kappa shape index (κ3) is 6.37. The van der Waals surface area contributed by atoms with Crippen LogP contribution >= 0.6 is 0 Å². The normalized spacial score (nSPS) is 11.1. The lowest BCUT2D eigenvalue weighted by atomic mass is 10.1. The molecule has 0 bridgehead atoms. The number of nitrogens with zero attached hydrogens (tertiary/aromatic N) is 2. The van der Waals surface area contributed by atoms with Crippen LogP contribution in [-0.2, 0) is 11.2 Å². The van der Waals surface area contributed by atoms with Crippen LogP contribution in [0.2, 0.25) is 0 Å². The summed E-state index contributed by atoms with van der Waals surface area (Å²) in [6.45, 7) is -0.741. The maximum atomic E-state index is 12.9. The maximum Gasteiger partial charge on any atom is 0.471 e. The molecule has 0 saturated heterocycles. The van der Waals surface area contributed by atoms with E-state index in [0.29, 0.717) is 17.7 Å². The Balaban J connectivity index is 1.98. The van der Waals surface area contributed by atoms with E-state index >= 15 is 0 Å². The summed E-state index contributed by atoms with van der Waals surface area (Å²) < 4.78 is 43.9. The topological polar surface area (TPSA) is 98.7 Å². The number of hydrogen-bond donors (Lipinski definition) is 1. The fourth-order valence-electron chi connectivity index (χ4n) is 2.70. The van der Waals surface area contributed by atoms with E-state index in [4.69, 9.17) is 10.5 Å². The molecule has 0 aliphatic carbocycles. The zero-order valence-electron chi connectivity index (χ0n) is 15.4. The number of alkyl halides is 3. The number of ether oxygens (including phenoxy) is 1. The van der Waals surface area contributed by atoms with Crippen molar-refractivity contribution < 1.29 is 27.6 Å². The number of hydrogen-bond acceptors (Lipinski definition) is 5. The predicted octanol–water partition coefficient (Wildman–Crippen LogP) is 3.58. The number of carbonyl (C=O) groups is 1. The summed E-state index contributed by atoms with van der Waals surface area (Å²) in [7, 11) is 0. The smallest absolute Gasteiger partial charge is 0.471 e. The molecule has 2 rings (SSSR count). The first-order valence-electron chi connectivity index (χ1n) is 8.76. The van der Waals surface area contributed by atoms with Crippen molar-refractivity contribution >= 4 is 17.3 Å². The number of nitrogens with two attached hydrogens (primary N) is 1. The summed E-state index contributed by atoms with van der Waals surface area (Å²) in [5.74, 6) is -1.98. The number of nitro groups is 1. The number of amides is 1. The fourth-order valence-corrected chi connectivity index (χ4v) is 2.70. The number of anilines is 1. The molecule has 156 valence electrons. The molecule has 29 heavy (non-hydrogen) atoms. The van der Waals surface area contributed by atoms with Crippen molar-refractivity contribution in [3.05, 3.63) is 64.2 Å². The molecule has 2 aromatic carbocycles. The van der Waals surface area contributed by atoms with Crippen LogP contribution in [0, 0.1) is 10.1 Å². The van der Waals surface area contributed by atoms with Gasteiger partial charge in [-0.2, -0.15) is 13.2 Å². The fraction of sp³-hybridized carbons (Fsp3) is 0.316. The van der Waals surface area contributed by atoms with Crippen LogP contribution in [0.5, 0.6) is 5.75 Å². The average Bonchev–Trinajstić information content (AvgIpc) is 2.67. The molecule has 2 N–H and O–H groups in total. The third-order valence-electron chi connectivity index (χ3n) is 4.12. The molecular formula is C19H20F3N3O4. The Labute approximate surface area is 165 Å². The van der Waals surface area contributed by atoms with Gasteiger partial charge in [-0.3, -0.25) is 14.9 Å². The first-order valence-corrected chi connectivity index (χ1v) is 8.76. The van der Waals surface area contributed by atoms with Gasteiger partial charge >= 0.3 is 12.1 Å². The van der Waals surface area contributed by atoms with Gasteiger partial charge in [0.2, 0.25) is 0 Å². The van der Waals surface area contributed by atoms with Crippen LogP contribution in [0.1, 0.15) is 12.0 Å². The molecule has 10 heteroatoms. The van der Waals surface area contributed by atoms with E-state index in [0.717, 1.165) is 5.56 Å². The molecule has 0 unspecified atom stereocenters. The van der Waals surface area contributed by atoms with Gasteiger partial charge in [-0.25, -0.2) is 0 Å². The van der Waals surface area contributed by atoms with Crippen LogP contribution in [0.4, 0.5) is 24.5 Å². The number of aryl methyl sites for hydroxylation is 1. The quantitative estimate of drug-likeness (QED) is 0.386. The van der Waals surface area contributed by atoms with Crippen molar-refractivity contribution in [2.45, 2.75) is 19.0 Å². The Kier molecular flexibility index (Phi) is 7.40. The number of para-hydroxylation sites is 1. The molecule has 0 spiro atoms. The zero-order chi connectivity index (χ0) is 21.4. The monoisotopic (exact) mass is 411 g/mol. The number of benzene rings is 2.